The fourth-order valence-corrected chi connectivity index (χ4v) is 1.59. The van der Waals surface area contributed by atoms with E-state index in [1.165, 1.54) is 6.07 Å². The molecule has 0 aliphatic rings. The van der Waals surface area contributed by atoms with Crippen molar-refractivity contribution in [2.45, 2.75) is 6.42 Å². The largest absolute Gasteiger partial charge is 0.383 e. The summed E-state index contributed by atoms with van der Waals surface area (Å²) in [5.74, 6) is -0.710. The second-order valence-electron chi connectivity index (χ2n) is 3.05. The van der Waals surface area contributed by atoms with Crippen LogP contribution in [0.15, 0.2) is 24.3 Å². The highest BCUT2D eigenvalue weighted by molar-refractivity contribution is 7.85. The fourth-order valence-electron chi connectivity index (χ4n) is 1.08. The minimum Gasteiger partial charge on any atom is -0.383 e. The first-order chi connectivity index (χ1) is 6.99. The Hall–Kier alpha value is -1.14. The molecule has 0 atom stereocenters. The highest BCUT2D eigenvalue weighted by Crippen LogP contribution is 2.11. The molecule has 6 heteroatoms. The van der Waals surface area contributed by atoms with Crippen LogP contribution in [0.1, 0.15) is 6.42 Å². The number of nitrogens with one attached hydrogen (secondary N) is 1. The average molecular weight is 233 g/mol. The molecule has 1 aromatic carbocycles. The number of hydrogen-bond acceptors (Lipinski definition) is 3. The van der Waals surface area contributed by atoms with Gasteiger partial charge in [0, 0.05) is 6.54 Å². The molecule has 2 N–H and O–H groups in total. The van der Waals surface area contributed by atoms with Gasteiger partial charge in [-0.2, -0.15) is 8.42 Å². The summed E-state index contributed by atoms with van der Waals surface area (Å²) in [6.07, 6.45) is 0.229. The van der Waals surface area contributed by atoms with E-state index in [9.17, 15) is 12.8 Å². The summed E-state index contributed by atoms with van der Waals surface area (Å²) >= 11 is 0. The van der Waals surface area contributed by atoms with Crippen LogP contribution < -0.4 is 5.32 Å². The van der Waals surface area contributed by atoms with Crippen molar-refractivity contribution in [2.75, 3.05) is 17.6 Å². The monoisotopic (exact) mass is 233 g/mol. The van der Waals surface area contributed by atoms with E-state index in [1.807, 2.05) is 0 Å². The first-order valence-corrected chi connectivity index (χ1v) is 6.03. The number of halogens is 1. The molecule has 0 unspecified atom stereocenters. The van der Waals surface area contributed by atoms with Gasteiger partial charge in [-0.15, -0.1) is 0 Å². The summed E-state index contributed by atoms with van der Waals surface area (Å²) < 4.78 is 42.2. The third-order valence-electron chi connectivity index (χ3n) is 1.77. The van der Waals surface area contributed by atoms with Crippen LogP contribution in [0.25, 0.3) is 0 Å². The van der Waals surface area contributed by atoms with E-state index in [0.717, 1.165) is 0 Å². The Labute approximate surface area is 87.9 Å². The molecule has 4 nitrogen and oxygen atoms in total. The van der Waals surface area contributed by atoms with Gasteiger partial charge in [-0.1, -0.05) is 12.1 Å². The second kappa shape index (κ2) is 5.09. The summed E-state index contributed by atoms with van der Waals surface area (Å²) in [6.45, 7) is 0.292. The first-order valence-electron chi connectivity index (χ1n) is 4.42. The lowest BCUT2D eigenvalue weighted by atomic mass is 10.3. The molecule has 1 rings (SSSR count). The molecule has 0 aromatic heterocycles. The van der Waals surface area contributed by atoms with Gasteiger partial charge in [0.2, 0.25) is 0 Å². The minimum absolute atomic E-state index is 0.229. The molecule has 0 aliphatic carbocycles. The lowest BCUT2D eigenvalue weighted by Gasteiger charge is -2.05. The predicted octanol–water partition coefficient (Wildman–Crippen LogP) is 1.52. The molecular formula is C9H12FNO3S. The molecule has 15 heavy (non-hydrogen) atoms. The smallest absolute Gasteiger partial charge is 0.264 e. The van der Waals surface area contributed by atoms with Crippen LogP contribution >= 0.6 is 0 Å². The zero-order chi connectivity index (χ0) is 11.3. The zero-order valence-corrected chi connectivity index (χ0v) is 8.80. The number of anilines is 1. The Morgan fingerprint density at radius 2 is 2.00 bits per heavy atom. The van der Waals surface area contributed by atoms with Crippen molar-refractivity contribution in [2.24, 2.45) is 0 Å². The topological polar surface area (TPSA) is 66.4 Å². The van der Waals surface area contributed by atoms with Crippen molar-refractivity contribution >= 4 is 15.8 Å². The maximum atomic E-state index is 13.0. The number of benzene rings is 1. The second-order valence-corrected chi connectivity index (χ2v) is 4.62. The van der Waals surface area contributed by atoms with E-state index in [0.29, 0.717) is 12.2 Å². The fraction of sp³-hybridized carbons (Fsp3) is 0.333. The van der Waals surface area contributed by atoms with Crippen LogP contribution in [-0.2, 0) is 10.1 Å². The van der Waals surface area contributed by atoms with E-state index in [4.69, 9.17) is 4.55 Å². The summed E-state index contributed by atoms with van der Waals surface area (Å²) in [5.41, 5.74) is 0.327. The Balaban J connectivity index is 2.36. The summed E-state index contributed by atoms with van der Waals surface area (Å²) in [6, 6.07) is 6.11. The molecule has 0 amide bonds. The Kier molecular flexibility index (Phi) is 4.05. The predicted molar refractivity (Wildman–Crippen MR) is 55.9 cm³/mol. The van der Waals surface area contributed by atoms with Gasteiger partial charge < -0.3 is 5.32 Å². The van der Waals surface area contributed by atoms with Gasteiger partial charge in [0.1, 0.15) is 5.82 Å². The Morgan fingerprint density at radius 1 is 1.33 bits per heavy atom. The molecule has 0 heterocycles. The highest BCUT2D eigenvalue weighted by Gasteiger charge is 2.04. The molecular weight excluding hydrogens is 221 g/mol. The first kappa shape index (κ1) is 11.9. The van der Waals surface area contributed by atoms with Gasteiger partial charge in [0.25, 0.3) is 10.1 Å². The molecule has 0 radical (unpaired) electrons. The lowest BCUT2D eigenvalue weighted by molar-refractivity contribution is 0.481. The van der Waals surface area contributed by atoms with E-state index in [-0.39, 0.29) is 18.0 Å². The van der Waals surface area contributed by atoms with Crippen molar-refractivity contribution in [3.05, 3.63) is 30.1 Å². The highest BCUT2D eigenvalue weighted by atomic mass is 32.2. The molecule has 0 saturated carbocycles. The number of hydrogen-bond donors (Lipinski definition) is 2. The van der Waals surface area contributed by atoms with E-state index < -0.39 is 10.1 Å². The summed E-state index contributed by atoms with van der Waals surface area (Å²) in [4.78, 5) is 0. The molecule has 0 spiro atoms. The maximum absolute atomic E-state index is 13.0. The molecule has 0 saturated heterocycles. The third kappa shape index (κ3) is 4.75. The third-order valence-corrected chi connectivity index (χ3v) is 2.57. The maximum Gasteiger partial charge on any atom is 0.264 e. The van der Waals surface area contributed by atoms with Gasteiger partial charge in [-0.3, -0.25) is 4.55 Å². The van der Waals surface area contributed by atoms with Crippen molar-refractivity contribution in [1.29, 1.82) is 0 Å². The Bertz CT molecular complexity index is 419. The van der Waals surface area contributed by atoms with Crippen LogP contribution in [0.2, 0.25) is 0 Å². The van der Waals surface area contributed by atoms with Crippen molar-refractivity contribution in [3.63, 3.8) is 0 Å². The quantitative estimate of drug-likeness (QED) is 0.597. The molecule has 0 fully saturated rings. The van der Waals surface area contributed by atoms with Gasteiger partial charge in [0.15, 0.2) is 0 Å². The lowest BCUT2D eigenvalue weighted by Crippen LogP contribution is -2.10. The van der Waals surface area contributed by atoms with Gasteiger partial charge >= 0.3 is 0 Å². The van der Waals surface area contributed by atoms with Gasteiger partial charge in [0.05, 0.1) is 11.4 Å². The molecule has 0 bridgehead atoms. The summed E-state index contributed by atoms with van der Waals surface area (Å²) in [7, 11) is -3.92. The summed E-state index contributed by atoms with van der Waals surface area (Å²) in [5, 5.41) is 2.73. The standard InChI is InChI=1S/C9H12FNO3S/c10-8-4-1-2-5-9(8)11-6-3-7-15(12,13)14/h1-2,4-5,11H,3,6-7H2,(H,12,13,14). The number of para-hydroxylation sites is 1. The van der Waals surface area contributed by atoms with E-state index in [2.05, 4.69) is 5.32 Å². The van der Waals surface area contributed by atoms with Crippen LogP contribution in [0.3, 0.4) is 0 Å². The molecule has 1 aromatic rings. The Morgan fingerprint density at radius 3 is 2.60 bits per heavy atom. The molecule has 84 valence electrons. The van der Waals surface area contributed by atoms with Gasteiger partial charge in [-0.05, 0) is 18.6 Å². The van der Waals surface area contributed by atoms with Crippen molar-refractivity contribution in [3.8, 4) is 0 Å². The average Bonchev–Trinajstić information content (AvgIpc) is 2.13. The SMILES string of the molecule is O=S(=O)(O)CCCNc1ccccc1F. The van der Waals surface area contributed by atoms with E-state index in [1.54, 1.807) is 18.2 Å². The van der Waals surface area contributed by atoms with Gasteiger partial charge in [-0.25, -0.2) is 4.39 Å². The van der Waals surface area contributed by atoms with Crippen molar-refractivity contribution < 1.29 is 17.4 Å². The van der Waals surface area contributed by atoms with E-state index >= 15 is 0 Å². The number of rotatable bonds is 5. The van der Waals surface area contributed by atoms with Crippen molar-refractivity contribution in [1.82, 2.24) is 0 Å². The van der Waals surface area contributed by atoms with Crippen LogP contribution in [0, 0.1) is 5.82 Å². The van der Waals surface area contributed by atoms with Crippen LogP contribution in [0.4, 0.5) is 10.1 Å². The zero-order valence-electron chi connectivity index (χ0n) is 7.98. The van der Waals surface area contributed by atoms with Crippen LogP contribution in [0.5, 0.6) is 0 Å². The molecule has 0 aliphatic heterocycles. The normalized spacial score (nSPS) is 11.3. The van der Waals surface area contributed by atoms with Crippen LogP contribution in [-0.4, -0.2) is 25.3 Å². The minimum atomic E-state index is -3.92.